The van der Waals surface area contributed by atoms with Crippen LogP contribution >= 0.6 is 0 Å². The molecule has 0 radical (unpaired) electrons. The molecule has 82 valence electrons. The third-order valence-electron chi connectivity index (χ3n) is 3.11. The molecule has 0 aliphatic carbocycles. The van der Waals surface area contributed by atoms with Crippen LogP contribution in [-0.4, -0.2) is 22.7 Å². The highest BCUT2D eigenvalue weighted by Crippen LogP contribution is 2.24. The highest BCUT2D eigenvalue weighted by molar-refractivity contribution is 5.14. The van der Waals surface area contributed by atoms with Crippen molar-refractivity contribution in [2.75, 3.05) is 6.54 Å². The highest BCUT2D eigenvalue weighted by atomic mass is 16.3. The van der Waals surface area contributed by atoms with E-state index in [1.165, 1.54) is 6.42 Å². The highest BCUT2D eigenvalue weighted by Gasteiger charge is 2.25. The third kappa shape index (κ3) is 2.55. The number of hydrogen-bond acceptors (Lipinski definition) is 3. The van der Waals surface area contributed by atoms with E-state index in [1.807, 2.05) is 12.1 Å². The average Bonchev–Trinajstić information content (AvgIpc) is 2.29. The SMILES string of the molecule is CC1CCNC(C(O)c2cccnc2)C1. The van der Waals surface area contributed by atoms with Gasteiger partial charge in [0.2, 0.25) is 0 Å². The minimum Gasteiger partial charge on any atom is -0.387 e. The van der Waals surface area contributed by atoms with Crippen molar-refractivity contribution in [2.24, 2.45) is 5.92 Å². The molecule has 0 amide bonds. The van der Waals surface area contributed by atoms with Crippen molar-refractivity contribution in [3.63, 3.8) is 0 Å². The molecule has 15 heavy (non-hydrogen) atoms. The van der Waals surface area contributed by atoms with Gasteiger partial charge in [-0.2, -0.15) is 0 Å². The Hall–Kier alpha value is -0.930. The quantitative estimate of drug-likeness (QED) is 0.771. The summed E-state index contributed by atoms with van der Waals surface area (Å²) in [4.78, 5) is 4.03. The van der Waals surface area contributed by atoms with Crippen molar-refractivity contribution >= 4 is 0 Å². The van der Waals surface area contributed by atoms with Crippen molar-refractivity contribution in [3.05, 3.63) is 30.1 Å². The molecule has 3 atom stereocenters. The number of nitrogens with zero attached hydrogens (tertiary/aromatic N) is 1. The predicted molar refractivity (Wildman–Crippen MR) is 59.4 cm³/mol. The summed E-state index contributed by atoms with van der Waals surface area (Å²) in [6, 6.07) is 3.97. The monoisotopic (exact) mass is 206 g/mol. The van der Waals surface area contributed by atoms with Crippen LogP contribution in [0.15, 0.2) is 24.5 Å². The molecule has 2 N–H and O–H groups in total. The Morgan fingerprint density at radius 2 is 2.47 bits per heavy atom. The molecule has 1 aliphatic heterocycles. The first kappa shape index (κ1) is 10.6. The molecular formula is C12H18N2O. The van der Waals surface area contributed by atoms with Gasteiger partial charge in [-0.1, -0.05) is 13.0 Å². The second-order valence-electron chi connectivity index (χ2n) is 4.42. The molecule has 1 fully saturated rings. The molecule has 0 saturated carbocycles. The van der Waals surface area contributed by atoms with E-state index in [4.69, 9.17) is 0 Å². The number of piperidine rings is 1. The third-order valence-corrected chi connectivity index (χ3v) is 3.11. The summed E-state index contributed by atoms with van der Waals surface area (Å²) in [6.07, 6.45) is 5.28. The van der Waals surface area contributed by atoms with Gasteiger partial charge in [-0.3, -0.25) is 4.98 Å². The topological polar surface area (TPSA) is 45.1 Å². The zero-order chi connectivity index (χ0) is 10.7. The number of hydrogen-bond donors (Lipinski definition) is 2. The minimum absolute atomic E-state index is 0.179. The van der Waals surface area contributed by atoms with Crippen molar-refractivity contribution in [1.82, 2.24) is 10.3 Å². The Kier molecular flexibility index (Phi) is 3.34. The molecule has 3 heteroatoms. The van der Waals surface area contributed by atoms with Crippen LogP contribution in [0.4, 0.5) is 0 Å². The van der Waals surface area contributed by atoms with Crippen LogP contribution in [0.5, 0.6) is 0 Å². The second-order valence-corrected chi connectivity index (χ2v) is 4.42. The van der Waals surface area contributed by atoms with E-state index in [0.29, 0.717) is 5.92 Å². The van der Waals surface area contributed by atoms with Crippen LogP contribution in [-0.2, 0) is 0 Å². The summed E-state index contributed by atoms with van der Waals surface area (Å²) in [6.45, 7) is 3.24. The van der Waals surface area contributed by atoms with E-state index >= 15 is 0 Å². The molecule has 0 spiro atoms. The Morgan fingerprint density at radius 3 is 3.13 bits per heavy atom. The van der Waals surface area contributed by atoms with Crippen LogP contribution in [0, 0.1) is 5.92 Å². The summed E-state index contributed by atoms with van der Waals surface area (Å²) in [5, 5.41) is 13.5. The van der Waals surface area contributed by atoms with Gasteiger partial charge in [0.15, 0.2) is 0 Å². The zero-order valence-corrected chi connectivity index (χ0v) is 9.06. The fourth-order valence-electron chi connectivity index (χ4n) is 2.17. The Balaban J connectivity index is 2.04. The number of rotatable bonds is 2. The molecule has 2 heterocycles. The lowest BCUT2D eigenvalue weighted by atomic mass is 9.89. The molecule has 0 aromatic carbocycles. The molecule has 2 rings (SSSR count). The number of aliphatic hydroxyl groups is 1. The van der Waals surface area contributed by atoms with Gasteiger partial charge in [-0.25, -0.2) is 0 Å². The molecule has 1 aliphatic rings. The normalized spacial score (nSPS) is 28.7. The Morgan fingerprint density at radius 1 is 1.60 bits per heavy atom. The maximum Gasteiger partial charge on any atom is 0.0957 e. The fraction of sp³-hybridized carbons (Fsp3) is 0.583. The Labute approximate surface area is 90.5 Å². The fourth-order valence-corrected chi connectivity index (χ4v) is 2.17. The zero-order valence-electron chi connectivity index (χ0n) is 9.06. The van der Waals surface area contributed by atoms with Crippen LogP contribution in [0.25, 0.3) is 0 Å². The molecule has 3 nitrogen and oxygen atoms in total. The van der Waals surface area contributed by atoms with Crippen molar-refractivity contribution in [1.29, 1.82) is 0 Å². The molecule has 0 bridgehead atoms. The summed E-state index contributed by atoms with van der Waals surface area (Å²) in [7, 11) is 0. The number of pyridine rings is 1. The van der Waals surface area contributed by atoms with Gasteiger partial charge in [0.1, 0.15) is 0 Å². The maximum atomic E-state index is 10.2. The second kappa shape index (κ2) is 4.73. The van der Waals surface area contributed by atoms with E-state index < -0.39 is 6.10 Å². The van der Waals surface area contributed by atoms with E-state index in [2.05, 4.69) is 17.2 Å². The first-order valence-corrected chi connectivity index (χ1v) is 5.58. The van der Waals surface area contributed by atoms with E-state index in [9.17, 15) is 5.11 Å². The molecular weight excluding hydrogens is 188 g/mol. The maximum absolute atomic E-state index is 10.2. The van der Waals surface area contributed by atoms with Gasteiger partial charge >= 0.3 is 0 Å². The van der Waals surface area contributed by atoms with Gasteiger partial charge in [0.25, 0.3) is 0 Å². The van der Waals surface area contributed by atoms with Gasteiger partial charge in [0, 0.05) is 24.0 Å². The van der Waals surface area contributed by atoms with Crippen molar-refractivity contribution in [2.45, 2.75) is 31.9 Å². The van der Waals surface area contributed by atoms with E-state index in [1.54, 1.807) is 12.4 Å². The van der Waals surface area contributed by atoms with Crippen LogP contribution < -0.4 is 5.32 Å². The molecule has 1 aromatic heterocycles. The molecule has 3 unspecified atom stereocenters. The first-order chi connectivity index (χ1) is 7.27. The smallest absolute Gasteiger partial charge is 0.0957 e. The standard InChI is InChI=1S/C12H18N2O/c1-9-4-6-14-11(7-9)12(15)10-3-2-5-13-8-10/h2-3,5,8-9,11-12,14-15H,4,6-7H2,1H3. The predicted octanol–water partition coefficient (Wildman–Crippen LogP) is 1.50. The van der Waals surface area contributed by atoms with Gasteiger partial charge in [-0.05, 0) is 31.4 Å². The largest absolute Gasteiger partial charge is 0.387 e. The van der Waals surface area contributed by atoms with Gasteiger partial charge in [-0.15, -0.1) is 0 Å². The molecule has 1 saturated heterocycles. The summed E-state index contributed by atoms with van der Waals surface area (Å²) >= 11 is 0. The summed E-state index contributed by atoms with van der Waals surface area (Å²) in [5.74, 6) is 0.697. The van der Waals surface area contributed by atoms with Crippen LogP contribution in [0.2, 0.25) is 0 Å². The average molecular weight is 206 g/mol. The van der Waals surface area contributed by atoms with Gasteiger partial charge < -0.3 is 10.4 Å². The summed E-state index contributed by atoms with van der Waals surface area (Å²) < 4.78 is 0. The van der Waals surface area contributed by atoms with Crippen molar-refractivity contribution in [3.8, 4) is 0 Å². The lowest BCUT2D eigenvalue weighted by Gasteiger charge is -2.31. The Bertz CT molecular complexity index is 302. The number of aliphatic hydroxyl groups excluding tert-OH is 1. The van der Waals surface area contributed by atoms with Crippen LogP contribution in [0.1, 0.15) is 31.4 Å². The van der Waals surface area contributed by atoms with E-state index in [-0.39, 0.29) is 6.04 Å². The number of nitrogens with one attached hydrogen (secondary N) is 1. The minimum atomic E-state index is -0.429. The first-order valence-electron chi connectivity index (χ1n) is 5.58. The summed E-state index contributed by atoms with van der Waals surface area (Å²) in [5.41, 5.74) is 0.907. The lowest BCUT2D eigenvalue weighted by molar-refractivity contribution is 0.101. The number of aromatic nitrogens is 1. The molecule has 1 aromatic rings. The van der Waals surface area contributed by atoms with Crippen LogP contribution in [0.3, 0.4) is 0 Å². The van der Waals surface area contributed by atoms with Gasteiger partial charge in [0.05, 0.1) is 6.10 Å². The van der Waals surface area contributed by atoms with E-state index in [0.717, 1.165) is 18.5 Å². The lowest BCUT2D eigenvalue weighted by Crippen LogP contribution is -2.41. The van der Waals surface area contributed by atoms with Crippen molar-refractivity contribution < 1.29 is 5.11 Å².